The van der Waals surface area contributed by atoms with E-state index in [0.29, 0.717) is 28.9 Å². The molecule has 0 amide bonds. The van der Waals surface area contributed by atoms with Crippen LogP contribution in [0.5, 0.6) is 5.75 Å². The summed E-state index contributed by atoms with van der Waals surface area (Å²) in [6.45, 7) is 5.93. The third-order valence-corrected chi connectivity index (χ3v) is 7.34. The number of nitrogens with zero attached hydrogens (tertiary/aromatic N) is 3. The van der Waals surface area contributed by atoms with E-state index >= 15 is 0 Å². The van der Waals surface area contributed by atoms with Crippen molar-refractivity contribution in [3.05, 3.63) is 68.9 Å². The zero-order chi connectivity index (χ0) is 23.5. The fraction of sp³-hybridized carbons (Fsp3) is 0.385. The Morgan fingerprint density at radius 2 is 1.94 bits per heavy atom. The second kappa shape index (κ2) is 7.70. The van der Waals surface area contributed by atoms with E-state index in [2.05, 4.69) is 31.9 Å². The highest BCUT2D eigenvalue weighted by molar-refractivity contribution is 6.33. The summed E-state index contributed by atoms with van der Waals surface area (Å²) in [4.78, 5) is 15.9. The molecule has 0 aromatic heterocycles. The Morgan fingerprint density at radius 1 is 1.21 bits per heavy atom. The van der Waals surface area contributed by atoms with Gasteiger partial charge in [-0.25, -0.2) is 0 Å². The third kappa shape index (κ3) is 3.42. The number of allylic oxidation sites excluding steroid dienone is 2. The quantitative estimate of drug-likeness (QED) is 0.708. The van der Waals surface area contributed by atoms with Gasteiger partial charge >= 0.3 is 0 Å². The van der Waals surface area contributed by atoms with Gasteiger partial charge < -0.3 is 20.1 Å². The number of fused-ring (bicyclic) bond motifs is 3. The van der Waals surface area contributed by atoms with Crippen LogP contribution < -0.4 is 9.96 Å². The summed E-state index contributed by atoms with van der Waals surface area (Å²) in [5.41, 5.74) is 4.64. The van der Waals surface area contributed by atoms with E-state index in [1.165, 1.54) is 6.07 Å². The van der Waals surface area contributed by atoms with Crippen LogP contribution in [0.2, 0.25) is 0 Å². The van der Waals surface area contributed by atoms with Crippen LogP contribution in [-0.4, -0.2) is 42.1 Å². The van der Waals surface area contributed by atoms with Gasteiger partial charge in [0.1, 0.15) is 11.9 Å². The molecular weight excluding hydrogens is 418 g/mol. The minimum absolute atomic E-state index is 0.0565. The van der Waals surface area contributed by atoms with Gasteiger partial charge in [0.25, 0.3) is 0 Å². The Hall–Kier alpha value is -3.18. The first-order chi connectivity index (χ1) is 15.7. The molecule has 0 spiro atoms. The predicted octanol–water partition coefficient (Wildman–Crippen LogP) is 4.21. The average molecular weight is 445 g/mol. The molecule has 1 aliphatic heterocycles. The molecule has 0 saturated carbocycles. The highest BCUT2D eigenvalue weighted by atomic mass is 16.8. The molecule has 1 fully saturated rings. The van der Waals surface area contributed by atoms with Gasteiger partial charge in [0.15, 0.2) is 5.78 Å². The lowest BCUT2D eigenvalue weighted by molar-refractivity contribution is 0.104. The van der Waals surface area contributed by atoms with Gasteiger partial charge in [-0.15, -0.1) is 0 Å². The molecular formula is C26H26N3O4-. The molecule has 2 aromatic rings. The summed E-state index contributed by atoms with van der Waals surface area (Å²) >= 11 is 0. The molecule has 1 heterocycles. The number of hydrogen-bond acceptors (Lipinski definition) is 7. The number of carbonyl (C=O) groups is 1. The highest BCUT2D eigenvalue weighted by Crippen LogP contribution is 2.51. The van der Waals surface area contributed by atoms with Gasteiger partial charge in [-0.05, 0) is 72.8 Å². The number of likely N-dealkylation sites (tertiary alicyclic amines) is 1. The summed E-state index contributed by atoms with van der Waals surface area (Å²) in [6, 6.07) is 10.8. The first-order valence-electron chi connectivity index (χ1n) is 11.2. The summed E-state index contributed by atoms with van der Waals surface area (Å²) in [7, 11) is 2.06. The van der Waals surface area contributed by atoms with E-state index in [4.69, 9.17) is 4.74 Å². The molecule has 3 aliphatic rings. The second-order valence-corrected chi connectivity index (χ2v) is 9.73. The standard InChI is InChI=1S/C26H26N3O4/c1-26(2)20-13-23(33-17-6-8-28(3)9-7-17)22(29(31)32)12-19(20)25(30)24-18-5-4-15(14-27)10-16(18)11-21(24)26/h4-5,10,12-13,17,31H,6-9,11H2,1-3H3/q-1. The van der Waals surface area contributed by atoms with Crippen LogP contribution in [0.4, 0.5) is 5.69 Å². The van der Waals surface area contributed by atoms with Crippen molar-refractivity contribution in [3.63, 3.8) is 0 Å². The highest BCUT2D eigenvalue weighted by Gasteiger charge is 2.43. The smallest absolute Gasteiger partial charge is 0.194 e. The molecule has 1 saturated heterocycles. The number of ether oxygens (including phenoxy) is 1. The Labute approximate surface area is 193 Å². The number of piperidine rings is 1. The molecule has 170 valence electrons. The number of hydrogen-bond donors (Lipinski definition) is 1. The summed E-state index contributed by atoms with van der Waals surface area (Å²) in [5, 5.41) is 30.9. The van der Waals surface area contributed by atoms with Gasteiger partial charge in [-0.2, -0.15) is 5.26 Å². The molecule has 0 radical (unpaired) electrons. The van der Waals surface area contributed by atoms with Gasteiger partial charge in [0.05, 0.1) is 17.3 Å². The molecule has 2 aliphatic carbocycles. The third-order valence-electron chi connectivity index (χ3n) is 7.34. The first-order valence-corrected chi connectivity index (χ1v) is 11.2. The minimum atomic E-state index is -0.489. The van der Waals surface area contributed by atoms with Crippen LogP contribution in [0.1, 0.15) is 59.3 Å². The van der Waals surface area contributed by atoms with Crippen molar-refractivity contribution < 1.29 is 14.7 Å². The lowest BCUT2D eigenvalue weighted by Gasteiger charge is -2.37. The largest absolute Gasteiger partial charge is 0.733 e. The van der Waals surface area contributed by atoms with Crippen LogP contribution in [0.25, 0.3) is 5.57 Å². The number of ketones is 1. The van der Waals surface area contributed by atoms with E-state index in [-0.39, 0.29) is 22.8 Å². The van der Waals surface area contributed by atoms with Crippen molar-refractivity contribution in [2.75, 3.05) is 25.4 Å². The number of anilines is 1. The zero-order valence-corrected chi connectivity index (χ0v) is 19.0. The maximum absolute atomic E-state index is 13.6. The van der Waals surface area contributed by atoms with Crippen LogP contribution in [0, 0.1) is 16.5 Å². The Morgan fingerprint density at radius 3 is 2.61 bits per heavy atom. The lowest BCUT2D eigenvalue weighted by Crippen LogP contribution is -2.36. The Kier molecular flexibility index (Phi) is 5.05. The number of Topliss-reactive ketones (excluding diaryl/α,β-unsaturated/α-hetero) is 1. The predicted molar refractivity (Wildman–Crippen MR) is 124 cm³/mol. The van der Waals surface area contributed by atoms with Crippen molar-refractivity contribution in [2.24, 2.45) is 0 Å². The molecule has 5 rings (SSSR count). The molecule has 0 bridgehead atoms. The molecule has 0 atom stereocenters. The van der Waals surface area contributed by atoms with E-state index in [1.807, 2.05) is 12.1 Å². The van der Waals surface area contributed by atoms with Gasteiger partial charge in [0, 0.05) is 29.6 Å². The van der Waals surface area contributed by atoms with Crippen molar-refractivity contribution in [3.8, 4) is 11.8 Å². The Bertz CT molecular complexity index is 1230. The first kappa shape index (κ1) is 21.7. The Balaban J connectivity index is 1.59. The van der Waals surface area contributed by atoms with Crippen LogP contribution in [0.15, 0.2) is 35.9 Å². The molecule has 33 heavy (non-hydrogen) atoms. The van der Waals surface area contributed by atoms with Crippen molar-refractivity contribution in [1.29, 1.82) is 5.26 Å². The normalized spacial score (nSPS) is 19.6. The summed E-state index contributed by atoms with van der Waals surface area (Å²) < 4.78 is 6.20. The van der Waals surface area contributed by atoms with E-state index < -0.39 is 5.41 Å². The van der Waals surface area contributed by atoms with Crippen molar-refractivity contribution >= 4 is 17.0 Å². The average Bonchev–Trinajstić information content (AvgIpc) is 3.19. The number of rotatable bonds is 3. The summed E-state index contributed by atoms with van der Waals surface area (Å²) in [5.74, 6) is 0.129. The van der Waals surface area contributed by atoms with Gasteiger partial charge in [-0.3, -0.25) is 10.0 Å². The van der Waals surface area contributed by atoms with Crippen molar-refractivity contribution in [2.45, 2.75) is 44.6 Å². The number of benzene rings is 2. The lowest BCUT2D eigenvalue weighted by atomic mass is 9.68. The van der Waals surface area contributed by atoms with Crippen LogP contribution >= 0.6 is 0 Å². The SMILES string of the molecule is CN1CCC(Oc2cc3c(cc2N([O-])O)C(=O)C2=C(Cc4cc(C#N)ccc42)C3(C)C)CC1. The number of carbonyl (C=O) groups excluding carboxylic acids is 1. The zero-order valence-electron chi connectivity index (χ0n) is 19.0. The molecule has 7 nitrogen and oxygen atoms in total. The van der Waals surface area contributed by atoms with E-state index in [0.717, 1.165) is 48.2 Å². The minimum Gasteiger partial charge on any atom is -0.733 e. The van der Waals surface area contributed by atoms with Gasteiger partial charge in [-0.1, -0.05) is 19.9 Å². The maximum Gasteiger partial charge on any atom is 0.194 e. The molecule has 7 heteroatoms. The topological polar surface area (TPSA) is 99.9 Å². The second-order valence-electron chi connectivity index (χ2n) is 9.73. The maximum atomic E-state index is 13.6. The van der Waals surface area contributed by atoms with Gasteiger partial charge in [0.2, 0.25) is 0 Å². The fourth-order valence-electron chi connectivity index (χ4n) is 5.38. The van der Waals surface area contributed by atoms with Crippen LogP contribution in [0.3, 0.4) is 0 Å². The fourth-order valence-corrected chi connectivity index (χ4v) is 5.38. The summed E-state index contributed by atoms with van der Waals surface area (Å²) in [6.07, 6.45) is 2.19. The molecule has 2 aromatic carbocycles. The monoisotopic (exact) mass is 444 g/mol. The molecule has 0 unspecified atom stereocenters. The van der Waals surface area contributed by atoms with Crippen LogP contribution in [-0.2, 0) is 11.8 Å². The van der Waals surface area contributed by atoms with E-state index in [1.54, 1.807) is 12.1 Å². The number of nitriles is 1. The van der Waals surface area contributed by atoms with Crippen molar-refractivity contribution in [1.82, 2.24) is 4.90 Å². The van der Waals surface area contributed by atoms with E-state index in [9.17, 15) is 20.5 Å². The molecule has 1 N–H and O–H groups in total.